The number of rotatable bonds is 11. The SMILES string of the molecule is CCCCNC(=O)[C@H](C)N(Cc1cccc(Cl)c1)C(=O)CN(c1ccc(I)cc1)S(C)(=O)=O. The summed E-state index contributed by atoms with van der Waals surface area (Å²) >= 11 is 8.22. The van der Waals surface area contributed by atoms with E-state index in [9.17, 15) is 18.0 Å². The van der Waals surface area contributed by atoms with Crippen LogP contribution in [-0.2, 0) is 26.2 Å². The van der Waals surface area contributed by atoms with Crippen LogP contribution in [0, 0.1) is 3.57 Å². The molecule has 0 aromatic heterocycles. The summed E-state index contributed by atoms with van der Waals surface area (Å²) in [6.45, 7) is 3.87. The quantitative estimate of drug-likeness (QED) is 0.309. The highest BCUT2D eigenvalue weighted by Gasteiger charge is 2.30. The minimum absolute atomic E-state index is 0.117. The number of amides is 2. The fourth-order valence-corrected chi connectivity index (χ4v) is 4.59. The Morgan fingerprint density at radius 3 is 2.39 bits per heavy atom. The van der Waals surface area contributed by atoms with E-state index in [0.29, 0.717) is 17.3 Å². The van der Waals surface area contributed by atoms with Crippen LogP contribution in [-0.4, -0.2) is 50.5 Å². The predicted octanol–water partition coefficient (Wildman–Crippen LogP) is 4.04. The van der Waals surface area contributed by atoms with E-state index in [4.69, 9.17) is 11.6 Å². The second kappa shape index (κ2) is 12.6. The number of hydrogen-bond acceptors (Lipinski definition) is 4. The van der Waals surface area contributed by atoms with Crippen molar-refractivity contribution >= 4 is 61.7 Å². The monoisotopic (exact) mass is 605 g/mol. The van der Waals surface area contributed by atoms with E-state index in [1.54, 1.807) is 55.5 Å². The summed E-state index contributed by atoms with van der Waals surface area (Å²) in [5, 5.41) is 3.36. The number of anilines is 1. The molecule has 0 heterocycles. The maximum Gasteiger partial charge on any atom is 0.244 e. The molecule has 0 spiro atoms. The molecule has 2 rings (SSSR count). The van der Waals surface area contributed by atoms with Crippen LogP contribution in [0.4, 0.5) is 5.69 Å². The summed E-state index contributed by atoms with van der Waals surface area (Å²) in [7, 11) is -3.74. The number of halogens is 2. The van der Waals surface area contributed by atoms with Gasteiger partial charge >= 0.3 is 0 Å². The van der Waals surface area contributed by atoms with Crippen LogP contribution in [0.1, 0.15) is 32.3 Å². The Morgan fingerprint density at radius 1 is 1.15 bits per heavy atom. The number of nitrogens with one attached hydrogen (secondary N) is 1. The third-order valence-electron chi connectivity index (χ3n) is 5.03. The first-order valence-corrected chi connectivity index (χ1v) is 13.9. The van der Waals surface area contributed by atoms with Gasteiger partial charge in [0.25, 0.3) is 0 Å². The molecule has 0 fully saturated rings. The normalized spacial score (nSPS) is 12.2. The molecule has 1 atom stereocenters. The summed E-state index contributed by atoms with van der Waals surface area (Å²) in [5.41, 5.74) is 1.12. The highest BCUT2D eigenvalue weighted by molar-refractivity contribution is 14.1. The molecular weight excluding hydrogens is 577 g/mol. The van der Waals surface area contributed by atoms with Crippen molar-refractivity contribution in [2.75, 3.05) is 23.7 Å². The van der Waals surface area contributed by atoms with Crippen molar-refractivity contribution in [3.8, 4) is 0 Å². The molecule has 0 aliphatic carbocycles. The third-order valence-corrected chi connectivity index (χ3v) is 7.13. The maximum absolute atomic E-state index is 13.4. The van der Waals surface area contributed by atoms with E-state index < -0.39 is 28.5 Å². The fraction of sp³-hybridized carbons (Fsp3) is 0.391. The largest absolute Gasteiger partial charge is 0.354 e. The lowest BCUT2D eigenvalue weighted by Crippen LogP contribution is -2.51. The summed E-state index contributed by atoms with van der Waals surface area (Å²) in [6.07, 6.45) is 2.81. The molecule has 2 aromatic rings. The zero-order valence-electron chi connectivity index (χ0n) is 18.9. The van der Waals surface area contributed by atoms with Crippen LogP contribution >= 0.6 is 34.2 Å². The lowest BCUT2D eigenvalue weighted by Gasteiger charge is -2.31. The van der Waals surface area contributed by atoms with Gasteiger partial charge in [-0.25, -0.2) is 8.42 Å². The van der Waals surface area contributed by atoms with E-state index >= 15 is 0 Å². The van der Waals surface area contributed by atoms with E-state index in [0.717, 1.165) is 32.5 Å². The molecule has 33 heavy (non-hydrogen) atoms. The molecule has 10 heteroatoms. The van der Waals surface area contributed by atoms with Crippen LogP contribution < -0.4 is 9.62 Å². The van der Waals surface area contributed by atoms with Crippen molar-refractivity contribution in [2.45, 2.75) is 39.3 Å². The van der Waals surface area contributed by atoms with Gasteiger partial charge in [-0.2, -0.15) is 0 Å². The van der Waals surface area contributed by atoms with Crippen molar-refractivity contribution < 1.29 is 18.0 Å². The van der Waals surface area contributed by atoms with Crippen molar-refractivity contribution in [3.63, 3.8) is 0 Å². The van der Waals surface area contributed by atoms with Crippen LogP contribution in [0.2, 0.25) is 5.02 Å². The molecule has 0 aliphatic rings. The van der Waals surface area contributed by atoms with Gasteiger partial charge in [0, 0.05) is 21.7 Å². The molecule has 2 amide bonds. The number of hydrogen-bond donors (Lipinski definition) is 1. The Balaban J connectivity index is 2.33. The second-order valence-electron chi connectivity index (χ2n) is 7.72. The number of nitrogens with zero attached hydrogens (tertiary/aromatic N) is 2. The molecule has 0 saturated heterocycles. The Morgan fingerprint density at radius 2 is 1.82 bits per heavy atom. The van der Waals surface area contributed by atoms with Gasteiger partial charge in [-0.1, -0.05) is 37.1 Å². The molecular formula is C23H29ClIN3O4S. The minimum atomic E-state index is -3.74. The van der Waals surface area contributed by atoms with Crippen LogP contribution in [0.15, 0.2) is 48.5 Å². The molecule has 7 nitrogen and oxygen atoms in total. The summed E-state index contributed by atoms with van der Waals surface area (Å²) in [5.74, 6) is -0.781. The van der Waals surface area contributed by atoms with Crippen LogP contribution in [0.5, 0.6) is 0 Å². The molecule has 0 aliphatic heterocycles. The Hall–Kier alpha value is -1.85. The number of benzene rings is 2. The lowest BCUT2D eigenvalue weighted by atomic mass is 10.1. The maximum atomic E-state index is 13.4. The zero-order valence-corrected chi connectivity index (χ0v) is 22.7. The third kappa shape index (κ3) is 8.46. The van der Waals surface area contributed by atoms with Gasteiger partial charge in [-0.05, 0) is 77.9 Å². The summed E-state index contributed by atoms with van der Waals surface area (Å²) < 4.78 is 27.0. The van der Waals surface area contributed by atoms with Crippen molar-refractivity contribution in [1.82, 2.24) is 10.2 Å². The van der Waals surface area contributed by atoms with Gasteiger partial charge in [-0.3, -0.25) is 13.9 Å². The minimum Gasteiger partial charge on any atom is -0.354 e. The molecule has 0 radical (unpaired) electrons. The van der Waals surface area contributed by atoms with Gasteiger partial charge in [0.1, 0.15) is 12.6 Å². The highest BCUT2D eigenvalue weighted by atomic mass is 127. The second-order valence-corrected chi connectivity index (χ2v) is 11.3. The van der Waals surface area contributed by atoms with E-state index in [1.807, 2.05) is 6.92 Å². The number of carbonyl (C=O) groups is 2. The highest BCUT2D eigenvalue weighted by Crippen LogP contribution is 2.21. The number of unbranched alkanes of at least 4 members (excludes halogenated alkanes) is 1. The first kappa shape index (κ1) is 27.4. The smallest absolute Gasteiger partial charge is 0.244 e. The molecule has 0 bridgehead atoms. The summed E-state index contributed by atoms with van der Waals surface area (Å²) in [6, 6.07) is 13.1. The van der Waals surface area contributed by atoms with Crippen LogP contribution in [0.25, 0.3) is 0 Å². The average Bonchev–Trinajstić information content (AvgIpc) is 2.75. The topological polar surface area (TPSA) is 86.8 Å². The first-order valence-electron chi connectivity index (χ1n) is 10.6. The van der Waals surface area contributed by atoms with Crippen molar-refractivity contribution in [1.29, 1.82) is 0 Å². The van der Waals surface area contributed by atoms with Gasteiger partial charge in [-0.15, -0.1) is 0 Å². The van der Waals surface area contributed by atoms with E-state index in [2.05, 4.69) is 27.9 Å². The first-order chi connectivity index (χ1) is 15.5. The number of carbonyl (C=O) groups excluding carboxylic acids is 2. The van der Waals surface area contributed by atoms with Crippen LogP contribution in [0.3, 0.4) is 0 Å². The number of sulfonamides is 1. The zero-order chi connectivity index (χ0) is 24.6. The molecule has 1 N–H and O–H groups in total. The summed E-state index contributed by atoms with van der Waals surface area (Å²) in [4.78, 5) is 27.5. The average molecular weight is 606 g/mol. The predicted molar refractivity (Wildman–Crippen MR) is 141 cm³/mol. The van der Waals surface area contributed by atoms with Crippen molar-refractivity contribution in [2.24, 2.45) is 0 Å². The van der Waals surface area contributed by atoms with Gasteiger partial charge in [0.2, 0.25) is 21.8 Å². The molecule has 0 unspecified atom stereocenters. The Bertz CT molecular complexity index is 1060. The standard InChI is InChI=1S/C23H29ClIN3O4S/c1-4-5-13-26-23(30)17(2)27(15-18-7-6-8-19(24)14-18)22(29)16-28(33(3,31)32)21-11-9-20(25)10-12-21/h6-12,14,17H,4-5,13,15-16H2,1-3H3,(H,26,30)/t17-/m0/s1. The van der Waals surface area contributed by atoms with Gasteiger partial charge in [0.15, 0.2) is 0 Å². The molecule has 0 saturated carbocycles. The fourth-order valence-electron chi connectivity index (χ4n) is 3.17. The molecule has 2 aromatic carbocycles. The van der Waals surface area contributed by atoms with Gasteiger partial charge < -0.3 is 10.2 Å². The Kier molecular flexibility index (Phi) is 10.4. The lowest BCUT2D eigenvalue weighted by molar-refractivity contribution is -0.139. The van der Waals surface area contributed by atoms with Crippen molar-refractivity contribution in [3.05, 3.63) is 62.7 Å². The van der Waals surface area contributed by atoms with Gasteiger partial charge in [0.05, 0.1) is 11.9 Å². The molecule has 180 valence electrons. The Labute approximate surface area is 214 Å². The van der Waals surface area contributed by atoms with E-state index in [1.165, 1.54) is 4.90 Å². The van der Waals surface area contributed by atoms with E-state index in [-0.39, 0.29) is 12.5 Å².